The van der Waals surface area contributed by atoms with Crippen molar-refractivity contribution in [3.05, 3.63) is 40.2 Å². The Hall–Kier alpha value is -1.82. The van der Waals surface area contributed by atoms with Gasteiger partial charge in [0.25, 0.3) is 0 Å². The Morgan fingerprint density at radius 2 is 1.71 bits per heavy atom. The molecule has 0 fully saturated rings. The number of hydrogen-bond acceptors (Lipinski definition) is 3. The van der Waals surface area contributed by atoms with E-state index in [-0.39, 0.29) is 11.1 Å². The number of halogens is 4. The zero-order chi connectivity index (χ0) is 20.9. The predicted octanol–water partition coefficient (Wildman–Crippen LogP) is 6.90. The topological polar surface area (TPSA) is 35.0 Å². The van der Waals surface area contributed by atoms with E-state index in [1.807, 2.05) is 13.8 Å². The van der Waals surface area contributed by atoms with E-state index in [2.05, 4.69) is 23.8 Å². The lowest BCUT2D eigenvalue weighted by atomic mass is 10.0. The monoisotopic (exact) mass is 414 g/mol. The maximum atomic E-state index is 12.9. The average molecular weight is 415 g/mol. The van der Waals surface area contributed by atoms with Crippen molar-refractivity contribution in [3.8, 4) is 17.1 Å². The van der Waals surface area contributed by atoms with E-state index >= 15 is 0 Å². The van der Waals surface area contributed by atoms with Gasteiger partial charge in [-0.05, 0) is 37.8 Å². The summed E-state index contributed by atoms with van der Waals surface area (Å²) in [6.45, 7) is 8.04. The summed E-state index contributed by atoms with van der Waals surface area (Å²) >= 11 is 6.18. The molecule has 0 saturated heterocycles. The number of hydrogen-bond donors (Lipinski definition) is 0. The molecule has 0 aliphatic carbocycles. The molecule has 1 heterocycles. The van der Waals surface area contributed by atoms with Crippen LogP contribution in [-0.2, 0) is 19.0 Å². The molecule has 1 aromatic heterocycles. The van der Waals surface area contributed by atoms with Crippen LogP contribution in [0, 0.1) is 0 Å². The van der Waals surface area contributed by atoms with Crippen molar-refractivity contribution in [1.29, 1.82) is 0 Å². The van der Waals surface area contributed by atoms with Gasteiger partial charge in [0.1, 0.15) is 11.8 Å². The first-order chi connectivity index (χ1) is 13.2. The van der Waals surface area contributed by atoms with Gasteiger partial charge in [0.05, 0.1) is 22.0 Å². The molecule has 0 amide bonds. The largest absolute Gasteiger partial charge is 0.473 e. The smallest absolute Gasteiger partial charge is 0.416 e. The van der Waals surface area contributed by atoms with Crippen LogP contribution < -0.4 is 4.74 Å². The minimum atomic E-state index is -4.44. The molecule has 0 saturated carbocycles. The number of aryl methyl sites for hydroxylation is 2. The van der Waals surface area contributed by atoms with Gasteiger partial charge in [-0.2, -0.15) is 13.2 Å². The summed E-state index contributed by atoms with van der Waals surface area (Å²) in [6, 6.07) is 3.31. The lowest BCUT2D eigenvalue weighted by Crippen LogP contribution is -2.18. The summed E-state index contributed by atoms with van der Waals surface area (Å²) in [4.78, 5) is 9.33. The molecule has 0 bridgehead atoms. The van der Waals surface area contributed by atoms with Crippen molar-refractivity contribution in [3.63, 3.8) is 0 Å². The maximum Gasteiger partial charge on any atom is 0.416 e. The molecule has 0 aliphatic rings. The van der Waals surface area contributed by atoms with Crippen LogP contribution in [0.25, 0.3) is 11.3 Å². The maximum absolute atomic E-state index is 12.9. The first-order valence-electron chi connectivity index (χ1n) is 9.68. The Morgan fingerprint density at radius 1 is 1.04 bits per heavy atom. The summed E-state index contributed by atoms with van der Waals surface area (Å²) in [5, 5.41) is 0.00645. The Kier molecular flexibility index (Phi) is 7.70. The molecule has 1 aromatic carbocycles. The molecular weight excluding hydrogens is 389 g/mol. The van der Waals surface area contributed by atoms with E-state index in [4.69, 9.17) is 16.3 Å². The normalized spacial score (nSPS) is 12.9. The summed E-state index contributed by atoms with van der Waals surface area (Å²) < 4.78 is 44.9. The molecular formula is C21H26ClF3N2O. The van der Waals surface area contributed by atoms with Gasteiger partial charge < -0.3 is 4.74 Å². The van der Waals surface area contributed by atoms with Gasteiger partial charge in [0.15, 0.2) is 0 Å². The van der Waals surface area contributed by atoms with Crippen LogP contribution in [0.15, 0.2) is 18.2 Å². The molecule has 154 valence electrons. The van der Waals surface area contributed by atoms with E-state index in [9.17, 15) is 13.2 Å². The number of rotatable bonds is 8. The first kappa shape index (κ1) is 22.5. The minimum absolute atomic E-state index is 0.00645. The highest BCUT2D eigenvalue weighted by Gasteiger charge is 2.31. The third-order valence-corrected chi connectivity index (χ3v) is 4.88. The summed E-state index contributed by atoms with van der Waals surface area (Å²) in [5.74, 6) is 0.506. The molecule has 0 radical (unpaired) electrons. The van der Waals surface area contributed by atoms with Crippen LogP contribution >= 0.6 is 11.6 Å². The van der Waals surface area contributed by atoms with Crippen LogP contribution in [0.2, 0.25) is 5.02 Å². The third-order valence-electron chi connectivity index (χ3n) is 4.57. The highest BCUT2D eigenvalue weighted by Crippen LogP contribution is 2.36. The molecule has 0 spiro atoms. The van der Waals surface area contributed by atoms with Crippen molar-refractivity contribution >= 4 is 11.6 Å². The second-order valence-corrected chi connectivity index (χ2v) is 7.01. The van der Waals surface area contributed by atoms with Crippen molar-refractivity contribution in [2.75, 3.05) is 0 Å². The van der Waals surface area contributed by atoms with Gasteiger partial charge in [0, 0.05) is 5.56 Å². The quantitative estimate of drug-likeness (QED) is 0.471. The molecule has 7 heteroatoms. The van der Waals surface area contributed by atoms with Crippen LogP contribution in [0.1, 0.15) is 63.9 Å². The predicted molar refractivity (Wildman–Crippen MR) is 106 cm³/mol. The molecule has 3 nitrogen and oxygen atoms in total. The van der Waals surface area contributed by atoms with E-state index in [0.29, 0.717) is 41.4 Å². The molecule has 1 unspecified atom stereocenters. The SMILES string of the molecule is CCCC(CC)Oc1nc(CC)c(-c2ccc(C(F)(F)F)cc2Cl)nc1CC. The molecule has 0 aliphatic heterocycles. The average Bonchev–Trinajstić information content (AvgIpc) is 2.66. The van der Waals surface area contributed by atoms with Gasteiger partial charge in [-0.15, -0.1) is 0 Å². The second-order valence-electron chi connectivity index (χ2n) is 6.61. The van der Waals surface area contributed by atoms with Gasteiger partial charge in [-0.25, -0.2) is 9.97 Å². The highest BCUT2D eigenvalue weighted by atomic mass is 35.5. The Bertz CT molecular complexity index is 809. The van der Waals surface area contributed by atoms with E-state index < -0.39 is 11.7 Å². The van der Waals surface area contributed by atoms with Crippen molar-refractivity contribution in [2.45, 2.75) is 72.1 Å². The zero-order valence-corrected chi connectivity index (χ0v) is 17.4. The third kappa shape index (κ3) is 5.16. The van der Waals surface area contributed by atoms with Gasteiger partial charge in [-0.1, -0.05) is 51.8 Å². The zero-order valence-electron chi connectivity index (χ0n) is 16.7. The van der Waals surface area contributed by atoms with Crippen LogP contribution in [0.5, 0.6) is 5.88 Å². The summed E-state index contributed by atoms with van der Waals surface area (Å²) in [6.07, 6.45) is -0.419. The second kappa shape index (κ2) is 9.59. The molecule has 0 N–H and O–H groups in total. The fourth-order valence-corrected chi connectivity index (χ4v) is 3.25. The Labute approximate surface area is 169 Å². The van der Waals surface area contributed by atoms with E-state index in [1.54, 1.807) is 0 Å². The molecule has 2 rings (SSSR count). The summed E-state index contributed by atoms with van der Waals surface area (Å²) in [5.41, 5.74) is 1.50. The lowest BCUT2D eigenvalue weighted by Gasteiger charge is -2.20. The Balaban J connectivity index is 2.51. The first-order valence-corrected chi connectivity index (χ1v) is 10.1. The van der Waals surface area contributed by atoms with Crippen LogP contribution in [0.3, 0.4) is 0 Å². The van der Waals surface area contributed by atoms with Crippen molar-refractivity contribution in [2.24, 2.45) is 0 Å². The number of alkyl halides is 3. The number of benzene rings is 1. The highest BCUT2D eigenvalue weighted by molar-refractivity contribution is 6.33. The van der Waals surface area contributed by atoms with Crippen LogP contribution in [0.4, 0.5) is 13.2 Å². The van der Waals surface area contributed by atoms with E-state index in [0.717, 1.165) is 31.4 Å². The number of ether oxygens (including phenoxy) is 1. The molecule has 2 aromatic rings. The fourth-order valence-electron chi connectivity index (χ4n) is 2.98. The molecule has 28 heavy (non-hydrogen) atoms. The number of nitrogens with zero attached hydrogens (tertiary/aromatic N) is 2. The van der Waals surface area contributed by atoms with E-state index in [1.165, 1.54) is 6.07 Å². The van der Waals surface area contributed by atoms with Crippen molar-refractivity contribution in [1.82, 2.24) is 9.97 Å². The standard InChI is InChI=1S/C21H26ClF3N2O/c1-5-9-14(6-2)28-20-18(8-4)26-19(17(7-3)27-20)15-11-10-13(12-16(15)22)21(23,24)25/h10-12,14H,5-9H2,1-4H3. The number of aromatic nitrogens is 2. The fraction of sp³-hybridized carbons (Fsp3) is 0.524. The van der Waals surface area contributed by atoms with Gasteiger partial charge >= 0.3 is 6.18 Å². The van der Waals surface area contributed by atoms with Crippen LogP contribution in [-0.4, -0.2) is 16.1 Å². The van der Waals surface area contributed by atoms with Gasteiger partial charge in [-0.3, -0.25) is 0 Å². The van der Waals surface area contributed by atoms with Crippen molar-refractivity contribution < 1.29 is 17.9 Å². The lowest BCUT2D eigenvalue weighted by molar-refractivity contribution is -0.137. The summed E-state index contributed by atoms with van der Waals surface area (Å²) in [7, 11) is 0. The molecule has 1 atom stereocenters. The van der Waals surface area contributed by atoms with Gasteiger partial charge in [0.2, 0.25) is 5.88 Å². The Morgan fingerprint density at radius 3 is 2.21 bits per heavy atom. The minimum Gasteiger partial charge on any atom is -0.473 e.